The normalized spacial score (nSPS) is 31.9. The molecule has 0 aromatic carbocycles. The van der Waals surface area contributed by atoms with Crippen molar-refractivity contribution in [1.29, 1.82) is 0 Å². The van der Waals surface area contributed by atoms with E-state index in [2.05, 4.69) is 15.9 Å². The van der Waals surface area contributed by atoms with E-state index in [4.69, 9.17) is 4.74 Å². The predicted molar refractivity (Wildman–Crippen MR) is 62.1 cm³/mol. The van der Waals surface area contributed by atoms with Crippen LogP contribution in [0.15, 0.2) is 0 Å². The molecule has 2 atom stereocenters. The van der Waals surface area contributed by atoms with Gasteiger partial charge in [-0.05, 0) is 31.6 Å². The van der Waals surface area contributed by atoms with Gasteiger partial charge in [0.1, 0.15) is 6.10 Å². The maximum atomic E-state index is 12.0. The topological polar surface area (TPSA) is 29.5 Å². The quantitative estimate of drug-likeness (QED) is 0.720. The zero-order chi connectivity index (χ0) is 10.7. The zero-order valence-corrected chi connectivity index (χ0v) is 10.5. The minimum absolute atomic E-state index is 0.140. The highest BCUT2D eigenvalue weighted by atomic mass is 79.9. The van der Waals surface area contributed by atoms with Gasteiger partial charge in [0, 0.05) is 25.0 Å². The average Bonchev–Trinajstić information content (AvgIpc) is 2.81. The van der Waals surface area contributed by atoms with Crippen molar-refractivity contribution in [2.24, 2.45) is 5.92 Å². The van der Waals surface area contributed by atoms with Gasteiger partial charge in [-0.15, -0.1) is 0 Å². The molecule has 3 nitrogen and oxygen atoms in total. The van der Waals surface area contributed by atoms with Crippen LogP contribution in [0.1, 0.15) is 25.7 Å². The summed E-state index contributed by atoms with van der Waals surface area (Å²) in [6.07, 6.45) is 4.18. The predicted octanol–water partition coefficient (Wildman–Crippen LogP) is 1.80. The van der Waals surface area contributed by atoms with Crippen LogP contribution in [0.2, 0.25) is 0 Å². The van der Waals surface area contributed by atoms with Crippen molar-refractivity contribution in [3.05, 3.63) is 0 Å². The first-order chi connectivity index (χ1) is 7.31. The Labute approximate surface area is 99.3 Å². The summed E-state index contributed by atoms with van der Waals surface area (Å²) in [4.78, 5) is 14.0. The van der Waals surface area contributed by atoms with Gasteiger partial charge in [-0.1, -0.05) is 15.9 Å². The Bertz CT molecular complexity index is 229. The molecule has 0 aromatic rings. The van der Waals surface area contributed by atoms with Gasteiger partial charge >= 0.3 is 0 Å². The number of likely N-dealkylation sites (tertiary alicyclic amines) is 1. The molecule has 2 heterocycles. The van der Waals surface area contributed by atoms with Crippen LogP contribution in [-0.4, -0.2) is 41.9 Å². The van der Waals surface area contributed by atoms with E-state index in [0.29, 0.717) is 5.92 Å². The first-order valence-corrected chi connectivity index (χ1v) is 6.89. The number of piperidine rings is 1. The summed E-state index contributed by atoms with van der Waals surface area (Å²) in [5.41, 5.74) is 0. The molecule has 2 unspecified atom stereocenters. The Kier molecular flexibility index (Phi) is 4.03. The number of rotatable bonds is 2. The molecule has 86 valence electrons. The van der Waals surface area contributed by atoms with Crippen LogP contribution in [0.5, 0.6) is 0 Å². The van der Waals surface area contributed by atoms with Crippen molar-refractivity contribution < 1.29 is 9.53 Å². The van der Waals surface area contributed by atoms with E-state index in [1.165, 1.54) is 6.42 Å². The highest BCUT2D eigenvalue weighted by Gasteiger charge is 2.30. The third-order valence-corrected chi connectivity index (χ3v) is 4.17. The lowest BCUT2D eigenvalue weighted by atomic mass is 9.99. The Morgan fingerprint density at radius 2 is 2.27 bits per heavy atom. The summed E-state index contributed by atoms with van der Waals surface area (Å²) >= 11 is 3.50. The van der Waals surface area contributed by atoms with Gasteiger partial charge in [-0.2, -0.15) is 0 Å². The number of hydrogen-bond donors (Lipinski definition) is 0. The molecule has 2 fully saturated rings. The van der Waals surface area contributed by atoms with Gasteiger partial charge in [0.05, 0.1) is 0 Å². The van der Waals surface area contributed by atoms with Crippen molar-refractivity contribution in [1.82, 2.24) is 4.90 Å². The number of amides is 1. The van der Waals surface area contributed by atoms with Crippen LogP contribution in [0.3, 0.4) is 0 Å². The van der Waals surface area contributed by atoms with Crippen LogP contribution in [0.4, 0.5) is 0 Å². The fraction of sp³-hybridized carbons (Fsp3) is 0.909. The monoisotopic (exact) mass is 275 g/mol. The SMILES string of the molecule is O=C(C1CCCO1)N1CCCC(CBr)C1. The lowest BCUT2D eigenvalue weighted by Crippen LogP contribution is -2.45. The van der Waals surface area contributed by atoms with E-state index in [9.17, 15) is 4.79 Å². The average molecular weight is 276 g/mol. The van der Waals surface area contributed by atoms with Crippen LogP contribution < -0.4 is 0 Å². The van der Waals surface area contributed by atoms with E-state index in [1.807, 2.05) is 4.90 Å². The molecule has 0 spiro atoms. The standard InChI is InChI=1S/C11H18BrNO2/c12-7-9-3-1-5-13(8-9)11(14)10-4-2-6-15-10/h9-10H,1-8H2. The Morgan fingerprint density at radius 3 is 2.93 bits per heavy atom. The van der Waals surface area contributed by atoms with E-state index in [-0.39, 0.29) is 12.0 Å². The Morgan fingerprint density at radius 1 is 1.40 bits per heavy atom. The van der Waals surface area contributed by atoms with Crippen molar-refractivity contribution in [2.45, 2.75) is 31.8 Å². The molecule has 15 heavy (non-hydrogen) atoms. The minimum Gasteiger partial charge on any atom is -0.368 e. The van der Waals surface area contributed by atoms with Crippen LogP contribution in [0.25, 0.3) is 0 Å². The minimum atomic E-state index is -0.140. The largest absolute Gasteiger partial charge is 0.368 e. The number of hydrogen-bond acceptors (Lipinski definition) is 2. The van der Waals surface area contributed by atoms with Gasteiger partial charge < -0.3 is 9.64 Å². The molecule has 1 amide bonds. The second-order valence-corrected chi connectivity index (χ2v) is 5.10. The number of alkyl halides is 1. The summed E-state index contributed by atoms with van der Waals surface area (Å²) in [5.74, 6) is 0.849. The summed E-state index contributed by atoms with van der Waals surface area (Å²) in [5, 5.41) is 1.00. The van der Waals surface area contributed by atoms with Gasteiger partial charge in [0.2, 0.25) is 0 Å². The molecule has 0 N–H and O–H groups in total. The first-order valence-electron chi connectivity index (χ1n) is 5.77. The number of carbonyl (C=O) groups is 1. The first kappa shape index (κ1) is 11.4. The molecule has 4 heteroatoms. The van der Waals surface area contributed by atoms with Crippen LogP contribution >= 0.6 is 15.9 Å². The van der Waals surface area contributed by atoms with Crippen LogP contribution in [0, 0.1) is 5.92 Å². The van der Waals surface area contributed by atoms with Crippen molar-refractivity contribution in [2.75, 3.05) is 25.0 Å². The lowest BCUT2D eigenvalue weighted by Gasteiger charge is -2.33. The smallest absolute Gasteiger partial charge is 0.251 e. The second-order valence-electron chi connectivity index (χ2n) is 4.45. The van der Waals surface area contributed by atoms with E-state index < -0.39 is 0 Å². The number of nitrogens with zero attached hydrogens (tertiary/aromatic N) is 1. The molecule has 0 radical (unpaired) electrons. The molecule has 0 bridgehead atoms. The van der Waals surface area contributed by atoms with E-state index in [0.717, 1.165) is 44.3 Å². The summed E-state index contributed by atoms with van der Waals surface area (Å²) in [7, 11) is 0. The van der Waals surface area contributed by atoms with Crippen molar-refractivity contribution in [3.8, 4) is 0 Å². The number of carbonyl (C=O) groups excluding carboxylic acids is 1. The second kappa shape index (κ2) is 5.30. The summed E-state index contributed by atoms with van der Waals surface area (Å²) < 4.78 is 5.43. The van der Waals surface area contributed by atoms with Gasteiger partial charge in [0.25, 0.3) is 5.91 Å². The number of ether oxygens (including phenoxy) is 1. The van der Waals surface area contributed by atoms with Gasteiger partial charge in [0.15, 0.2) is 0 Å². The summed E-state index contributed by atoms with van der Waals surface area (Å²) in [6, 6.07) is 0. The van der Waals surface area contributed by atoms with Crippen molar-refractivity contribution in [3.63, 3.8) is 0 Å². The lowest BCUT2D eigenvalue weighted by molar-refractivity contribution is -0.142. The molecule has 2 rings (SSSR count). The summed E-state index contributed by atoms with van der Waals surface area (Å²) in [6.45, 7) is 2.58. The fourth-order valence-electron chi connectivity index (χ4n) is 2.37. The number of halogens is 1. The molecular formula is C11H18BrNO2. The molecule has 2 aliphatic heterocycles. The molecule has 2 saturated heterocycles. The third kappa shape index (κ3) is 2.72. The zero-order valence-electron chi connectivity index (χ0n) is 8.95. The van der Waals surface area contributed by atoms with E-state index >= 15 is 0 Å². The van der Waals surface area contributed by atoms with Gasteiger partial charge in [-0.25, -0.2) is 0 Å². The third-order valence-electron chi connectivity index (χ3n) is 3.25. The van der Waals surface area contributed by atoms with Gasteiger partial charge in [-0.3, -0.25) is 4.79 Å². The molecular weight excluding hydrogens is 258 g/mol. The van der Waals surface area contributed by atoms with E-state index in [1.54, 1.807) is 0 Å². The Hall–Kier alpha value is -0.0900. The molecule has 0 aliphatic carbocycles. The molecule has 0 aromatic heterocycles. The highest BCUT2D eigenvalue weighted by molar-refractivity contribution is 9.09. The fourth-order valence-corrected chi connectivity index (χ4v) is 2.90. The maximum Gasteiger partial charge on any atom is 0.251 e. The highest BCUT2D eigenvalue weighted by Crippen LogP contribution is 2.21. The molecule has 2 aliphatic rings. The molecule has 0 saturated carbocycles. The Balaban J connectivity index is 1.88. The van der Waals surface area contributed by atoms with Crippen molar-refractivity contribution >= 4 is 21.8 Å². The van der Waals surface area contributed by atoms with Crippen LogP contribution in [-0.2, 0) is 9.53 Å². The maximum absolute atomic E-state index is 12.0.